The highest BCUT2D eigenvalue weighted by Crippen LogP contribution is 2.32. The van der Waals surface area contributed by atoms with E-state index in [9.17, 15) is 18.0 Å². The molecule has 1 aliphatic heterocycles. The van der Waals surface area contributed by atoms with Gasteiger partial charge in [-0.1, -0.05) is 0 Å². The predicted molar refractivity (Wildman–Crippen MR) is 48.7 cm³/mol. The van der Waals surface area contributed by atoms with E-state index in [2.05, 4.69) is 15.2 Å². The van der Waals surface area contributed by atoms with Gasteiger partial charge in [0.25, 0.3) is 0 Å². The van der Waals surface area contributed by atoms with Crippen LogP contribution in [-0.4, -0.2) is 38.8 Å². The molecule has 16 heavy (non-hydrogen) atoms. The van der Waals surface area contributed by atoms with Crippen molar-refractivity contribution in [2.75, 3.05) is 6.54 Å². The maximum Gasteiger partial charge on any atom is 0.404 e. The van der Waals surface area contributed by atoms with Crippen LogP contribution in [0.5, 0.6) is 0 Å². The Morgan fingerprint density at radius 1 is 1.50 bits per heavy atom. The number of aromatic nitrogens is 3. The third kappa shape index (κ3) is 2.26. The smallest absolute Gasteiger partial charge is 0.292 e. The van der Waals surface area contributed by atoms with E-state index in [-0.39, 0.29) is 18.8 Å². The van der Waals surface area contributed by atoms with E-state index < -0.39 is 17.9 Å². The molecule has 0 spiro atoms. The minimum absolute atomic E-state index is 0.0168. The maximum absolute atomic E-state index is 12.6. The molecule has 1 fully saturated rings. The summed E-state index contributed by atoms with van der Waals surface area (Å²) in [4.78, 5) is 14.4. The number of nitrogens with one attached hydrogen (secondary N) is 2. The molecule has 0 aromatic carbocycles. The Labute approximate surface area is 88.7 Å². The molecule has 0 bridgehead atoms. The Morgan fingerprint density at radius 2 is 2.25 bits per heavy atom. The van der Waals surface area contributed by atoms with Crippen molar-refractivity contribution in [3.8, 4) is 0 Å². The summed E-state index contributed by atoms with van der Waals surface area (Å²) in [6.07, 6.45) is -3.59. The number of alkyl halides is 3. The third-order valence-corrected chi connectivity index (χ3v) is 2.64. The van der Waals surface area contributed by atoms with Gasteiger partial charge in [-0.05, 0) is 19.4 Å². The Bertz CT molecular complexity index is 410. The van der Waals surface area contributed by atoms with Crippen molar-refractivity contribution in [1.29, 1.82) is 0 Å². The number of aromatic amines is 2. The number of H-pyrrole nitrogens is 2. The Balaban J connectivity index is 2.07. The van der Waals surface area contributed by atoms with Crippen molar-refractivity contribution in [2.45, 2.75) is 31.6 Å². The van der Waals surface area contributed by atoms with Gasteiger partial charge in [-0.2, -0.15) is 18.3 Å². The Kier molecular flexibility index (Phi) is 2.75. The van der Waals surface area contributed by atoms with Gasteiger partial charge < -0.3 is 0 Å². The molecule has 2 N–H and O–H groups in total. The molecule has 0 radical (unpaired) electrons. The van der Waals surface area contributed by atoms with Crippen molar-refractivity contribution in [2.24, 2.45) is 0 Å². The van der Waals surface area contributed by atoms with Crippen LogP contribution >= 0.6 is 0 Å². The fourth-order valence-corrected chi connectivity index (χ4v) is 1.96. The van der Waals surface area contributed by atoms with Gasteiger partial charge in [0.2, 0.25) is 0 Å². The van der Waals surface area contributed by atoms with E-state index in [1.807, 2.05) is 0 Å². The summed E-state index contributed by atoms with van der Waals surface area (Å²) in [6, 6.07) is -1.42. The number of nitrogens with zero attached hydrogens (tertiary/aromatic N) is 2. The van der Waals surface area contributed by atoms with Crippen molar-refractivity contribution in [1.82, 2.24) is 20.1 Å². The summed E-state index contributed by atoms with van der Waals surface area (Å²) in [5.74, 6) is 0.237. The second-order valence-electron chi connectivity index (χ2n) is 3.79. The van der Waals surface area contributed by atoms with Crippen LogP contribution in [0, 0.1) is 0 Å². The number of halogens is 3. The molecule has 1 atom stereocenters. The van der Waals surface area contributed by atoms with Gasteiger partial charge in [0.05, 0.1) is 6.54 Å². The van der Waals surface area contributed by atoms with Crippen LogP contribution < -0.4 is 5.69 Å². The molecule has 0 amide bonds. The largest absolute Gasteiger partial charge is 0.404 e. The normalized spacial score (nSPS) is 22.8. The lowest BCUT2D eigenvalue weighted by Gasteiger charge is -2.25. The summed E-state index contributed by atoms with van der Waals surface area (Å²) in [7, 11) is 0. The van der Waals surface area contributed by atoms with E-state index >= 15 is 0 Å². The Morgan fingerprint density at radius 3 is 2.81 bits per heavy atom. The second kappa shape index (κ2) is 3.93. The van der Waals surface area contributed by atoms with Crippen LogP contribution in [0.1, 0.15) is 18.7 Å². The molecule has 8 heteroatoms. The van der Waals surface area contributed by atoms with Gasteiger partial charge in [-0.3, -0.25) is 9.88 Å². The van der Waals surface area contributed by atoms with Crippen LogP contribution in [0.3, 0.4) is 0 Å². The van der Waals surface area contributed by atoms with Crippen molar-refractivity contribution in [3.63, 3.8) is 0 Å². The lowest BCUT2D eigenvalue weighted by atomic mass is 10.2. The van der Waals surface area contributed by atoms with Crippen LogP contribution in [0.25, 0.3) is 0 Å². The van der Waals surface area contributed by atoms with E-state index in [0.29, 0.717) is 13.0 Å². The molecule has 1 aliphatic rings. The highest BCUT2D eigenvalue weighted by Gasteiger charge is 2.45. The molecule has 2 rings (SSSR count). The predicted octanol–water partition coefficient (Wildman–Crippen LogP) is 0.625. The molecule has 1 aromatic rings. The number of hydrogen-bond acceptors (Lipinski definition) is 3. The molecule has 1 unspecified atom stereocenters. The van der Waals surface area contributed by atoms with E-state index in [0.717, 1.165) is 0 Å². The van der Waals surface area contributed by atoms with Crippen LogP contribution in [0.2, 0.25) is 0 Å². The SMILES string of the molecule is O=c1[nH]nc(CN2CCCC2C(F)(F)F)[nH]1. The minimum Gasteiger partial charge on any atom is -0.292 e. The van der Waals surface area contributed by atoms with Gasteiger partial charge in [0.15, 0.2) is 0 Å². The highest BCUT2D eigenvalue weighted by molar-refractivity contribution is 4.89. The van der Waals surface area contributed by atoms with Crippen LogP contribution in [-0.2, 0) is 6.54 Å². The topological polar surface area (TPSA) is 64.8 Å². The molecular weight excluding hydrogens is 225 g/mol. The Hall–Kier alpha value is -1.31. The van der Waals surface area contributed by atoms with E-state index in [4.69, 9.17) is 0 Å². The van der Waals surface area contributed by atoms with Crippen LogP contribution in [0.15, 0.2) is 4.79 Å². The quantitative estimate of drug-likeness (QED) is 0.791. The zero-order chi connectivity index (χ0) is 11.8. The zero-order valence-electron chi connectivity index (χ0n) is 8.34. The first-order valence-electron chi connectivity index (χ1n) is 4.91. The highest BCUT2D eigenvalue weighted by atomic mass is 19.4. The van der Waals surface area contributed by atoms with Gasteiger partial charge in [0, 0.05) is 0 Å². The van der Waals surface area contributed by atoms with Crippen LogP contribution in [0.4, 0.5) is 13.2 Å². The number of hydrogen-bond donors (Lipinski definition) is 2. The molecule has 90 valence electrons. The van der Waals surface area contributed by atoms with Gasteiger partial charge >= 0.3 is 11.9 Å². The fourth-order valence-electron chi connectivity index (χ4n) is 1.96. The van der Waals surface area contributed by atoms with Crippen molar-refractivity contribution < 1.29 is 13.2 Å². The van der Waals surface area contributed by atoms with Crippen molar-refractivity contribution >= 4 is 0 Å². The summed E-state index contributed by atoms with van der Waals surface area (Å²) in [5.41, 5.74) is -0.502. The lowest BCUT2D eigenvalue weighted by Crippen LogP contribution is -2.40. The summed E-state index contributed by atoms with van der Waals surface area (Å²) >= 11 is 0. The molecule has 2 heterocycles. The average Bonchev–Trinajstić information content (AvgIpc) is 2.74. The lowest BCUT2D eigenvalue weighted by molar-refractivity contribution is -0.177. The second-order valence-corrected chi connectivity index (χ2v) is 3.79. The first kappa shape index (κ1) is 11.2. The third-order valence-electron chi connectivity index (χ3n) is 2.64. The van der Waals surface area contributed by atoms with Gasteiger partial charge in [0.1, 0.15) is 11.9 Å². The molecule has 0 saturated carbocycles. The fraction of sp³-hybridized carbons (Fsp3) is 0.750. The monoisotopic (exact) mass is 236 g/mol. The standard InChI is InChI=1S/C8H11F3N4O/c9-8(10,11)5-2-1-3-15(5)4-6-12-7(16)14-13-6/h5H,1-4H2,(H2,12,13,14,16). The van der Waals surface area contributed by atoms with E-state index in [1.54, 1.807) is 0 Å². The van der Waals surface area contributed by atoms with Gasteiger partial charge in [-0.25, -0.2) is 9.89 Å². The minimum atomic E-state index is -4.22. The average molecular weight is 236 g/mol. The maximum atomic E-state index is 12.6. The first-order chi connectivity index (χ1) is 7.47. The molecule has 1 aromatic heterocycles. The van der Waals surface area contributed by atoms with E-state index in [1.165, 1.54) is 4.90 Å². The first-order valence-corrected chi connectivity index (χ1v) is 4.91. The molecular formula is C8H11F3N4O. The summed E-state index contributed by atoms with van der Waals surface area (Å²) in [5, 5.41) is 5.72. The van der Waals surface area contributed by atoms with Gasteiger partial charge in [-0.15, -0.1) is 0 Å². The summed E-state index contributed by atoms with van der Waals surface area (Å²) < 4.78 is 37.7. The molecule has 0 aliphatic carbocycles. The summed E-state index contributed by atoms with van der Waals surface area (Å²) in [6.45, 7) is 0.391. The number of rotatable bonds is 2. The molecule has 5 nitrogen and oxygen atoms in total. The molecule has 1 saturated heterocycles. The zero-order valence-corrected chi connectivity index (χ0v) is 8.34. The number of likely N-dealkylation sites (tertiary alicyclic amines) is 1. The van der Waals surface area contributed by atoms with Crippen molar-refractivity contribution in [3.05, 3.63) is 16.3 Å².